The molecule has 0 radical (unpaired) electrons. The number of fused-ring (bicyclic) bond motifs is 1. The zero-order valence-electron chi connectivity index (χ0n) is 18.0. The maximum Gasteiger partial charge on any atom is 0.251 e. The zero-order valence-corrected chi connectivity index (χ0v) is 18.0. The first-order chi connectivity index (χ1) is 14.7. The van der Waals surface area contributed by atoms with Gasteiger partial charge in [0.1, 0.15) is 0 Å². The van der Waals surface area contributed by atoms with E-state index in [1.165, 1.54) is 16.7 Å². The summed E-state index contributed by atoms with van der Waals surface area (Å²) in [6.45, 7) is 7.65. The molecule has 5 heteroatoms. The molecule has 4 rings (SSSR count). The van der Waals surface area contributed by atoms with E-state index in [0.717, 1.165) is 70.8 Å². The Morgan fingerprint density at radius 1 is 1.07 bits per heavy atom. The number of nitrogens with zero attached hydrogens (tertiary/aromatic N) is 2. The van der Waals surface area contributed by atoms with E-state index in [4.69, 9.17) is 4.74 Å². The Balaban J connectivity index is 1.23. The third-order valence-electron chi connectivity index (χ3n) is 6.36. The number of likely N-dealkylation sites (tertiary alicyclic amines) is 1. The van der Waals surface area contributed by atoms with Crippen molar-refractivity contribution in [3.63, 3.8) is 0 Å². The minimum atomic E-state index is 0.0313. The Bertz CT molecular complexity index is 837. The molecule has 0 aliphatic carbocycles. The van der Waals surface area contributed by atoms with Crippen LogP contribution in [0.4, 0.5) is 0 Å². The highest BCUT2D eigenvalue weighted by Crippen LogP contribution is 2.20. The third kappa shape index (κ3) is 5.48. The molecule has 0 spiro atoms. The van der Waals surface area contributed by atoms with Crippen LogP contribution in [0.2, 0.25) is 0 Å². The van der Waals surface area contributed by atoms with Crippen molar-refractivity contribution in [1.82, 2.24) is 15.1 Å². The summed E-state index contributed by atoms with van der Waals surface area (Å²) in [6.07, 6.45) is 2.25. The maximum absolute atomic E-state index is 12.5. The van der Waals surface area contributed by atoms with Crippen molar-refractivity contribution in [3.05, 3.63) is 70.8 Å². The highest BCUT2D eigenvalue weighted by Gasteiger charge is 2.22. The fraction of sp³-hybridized carbons (Fsp3) is 0.480. The smallest absolute Gasteiger partial charge is 0.251 e. The molecule has 2 heterocycles. The number of ether oxygens (including phenoxy) is 1. The van der Waals surface area contributed by atoms with Crippen molar-refractivity contribution in [2.45, 2.75) is 25.9 Å². The largest absolute Gasteiger partial charge is 0.383 e. The van der Waals surface area contributed by atoms with Gasteiger partial charge in [0.25, 0.3) is 5.91 Å². The van der Waals surface area contributed by atoms with Crippen molar-refractivity contribution in [2.24, 2.45) is 5.92 Å². The lowest BCUT2D eigenvalue weighted by Gasteiger charge is -2.28. The SMILES string of the molecule is COCCN1CC[C@@H](CNC(=O)c2ccc(CN3CCc4ccccc4C3)cc2)C1. The molecular weight excluding hydrogens is 374 g/mol. The second-order valence-corrected chi connectivity index (χ2v) is 8.58. The van der Waals surface area contributed by atoms with Gasteiger partial charge >= 0.3 is 0 Å². The molecule has 0 aromatic heterocycles. The lowest BCUT2D eigenvalue weighted by atomic mass is 9.99. The van der Waals surface area contributed by atoms with Gasteiger partial charge in [-0.25, -0.2) is 0 Å². The van der Waals surface area contributed by atoms with Gasteiger partial charge in [-0.15, -0.1) is 0 Å². The van der Waals surface area contributed by atoms with Gasteiger partial charge in [-0.2, -0.15) is 0 Å². The standard InChI is InChI=1S/C25H33N3O2/c1-30-15-14-27-12-10-21(18-27)16-26-25(29)23-8-6-20(7-9-23)17-28-13-11-22-4-2-3-5-24(22)19-28/h2-9,21H,10-19H2,1H3,(H,26,29)/t21-/m0/s1. The number of rotatable bonds is 8. The van der Waals surface area contributed by atoms with E-state index in [2.05, 4.69) is 51.5 Å². The van der Waals surface area contributed by atoms with Gasteiger partial charge in [-0.1, -0.05) is 36.4 Å². The van der Waals surface area contributed by atoms with Gasteiger partial charge in [-0.3, -0.25) is 9.69 Å². The van der Waals surface area contributed by atoms with Crippen LogP contribution in [-0.4, -0.2) is 62.1 Å². The van der Waals surface area contributed by atoms with Crippen molar-refractivity contribution < 1.29 is 9.53 Å². The lowest BCUT2D eigenvalue weighted by Crippen LogP contribution is -2.32. The lowest BCUT2D eigenvalue weighted by molar-refractivity contribution is 0.0946. The van der Waals surface area contributed by atoms with Gasteiger partial charge in [-0.05, 0) is 54.1 Å². The Morgan fingerprint density at radius 3 is 2.67 bits per heavy atom. The average molecular weight is 408 g/mol. The molecule has 1 fully saturated rings. The summed E-state index contributed by atoms with van der Waals surface area (Å²) >= 11 is 0. The van der Waals surface area contributed by atoms with Gasteiger partial charge in [0.2, 0.25) is 0 Å². The first-order valence-corrected chi connectivity index (χ1v) is 11.1. The summed E-state index contributed by atoms with van der Waals surface area (Å²) in [5.74, 6) is 0.566. The molecule has 5 nitrogen and oxygen atoms in total. The van der Waals surface area contributed by atoms with E-state index in [1.54, 1.807) is 7.11 Å². The van der Waals surface area contributed by atoms with Crippen LogP contribution in [0.15, 0.2) is 48.5 Å². The predicted molar refractivity (Wildman–Crippen MR) is 119 cm³/mol. The van der Waals surface area contributed by atoms with Crippen molar-refractivity contribution >= 4 is 5.91 Å². The fourth-order valence-corrected chi connectivity index (χ4v) is 4.55. The summed E-state index contributed by atoms with van der Waals surface area (Å²) in [5, 5.41) is 3.12. The molecule has 2 aliphatic rings. The fourth-order valence-electron chi connectivity index (χ4n) is 4.55. The number of amides is 1. The van der Waals surface area contributed by atoms with Crippen LogP contribution in [0.25, 0.3) is 0 Å². The number of benzene rings is 2. The van der Waals surface area contributed by atoms with Crippen LogP contribution in [0.3, 0.4) is 0 Å². The Hall–Kier alpha value is -2.21. The second-order valence-electron chi connectivity index (χ2n) is 8.58. The normalized spacial score (nSPS) is 19.6. The van der Waals surface area contributed by atoms with Crippen LogP contribution in [0, 0.1) is 5.92 Å². The van der Waals surface area contributed by atoms with Gasteiger partial charge in [0.05, 0.1) is 6.61 Å². The highest BCUT2D eigenvalue weighted by atomic mass is 16.5. The van der Waals surface area contributed by atoms with E-state index in [1.807, 2.05) is 12.1 Å². The number of carbonyl (C=O) groups is 1. The summed E-state index contributed by atoms with van der Waals surface area (Å²) in [4.78, 5) is 17.4. The molecule has 2 aromatic carbocycles. The molecule has 1 N–H and O–H groups in total. The van der Waals surface area contributed by atoms with Crippen LogP contribution in [0.1, 0.15) is 33.5 Å². The summed E-state index contributed by atoms with van der Waals surface area (Å²) < 4.78 is 5.15. The molecule has 30 heavy (non-hydrogen) atoms. The number of hydrogen-bond donors (Lipinski definition) is 1. The monoisotopic (exact) mass is 407 g/mol. The number of nitrogens with one attached hydrogen (secondary N) is 1. The molecule has 0 bridgehead atoms. The minimum Gasteiger partial charge on any atom is -0.383 e. The Labute approximate surface area is 180 Å². The van der Waals surface area contributed by atoms with E-state index < -0.39 is 0 Å². The van der Waals surface area contributed by atoms with Crippen molar-refractivity contribution in [1.29, 1.82) is 0 Å². The summed E-state index contributed by atoms with van der Waals surface area (Å²) in [7, 11) is 1.74. The van der Waals surface area contributed by atoms with Crippen LogP contribution in [-0.2, 0) is 24.2 Å². The Morgan fingerprint density at radius 2 is 1.87 bits per heavy atom. The van der Waals surface area contributed by atoms with E-state index in [0.29, 0.717) is 5.92 Å². The summed E-state index contributed by atoms with van der Waals surface area (Å²) in [5.41, 5.74) is 4.92. The maximum atomic E-state index is 12.5. The molecular formula is C25H33N3O2. The van der Waals surface area contributed by atoms with E-state index in [9.17, 15) is 4.79 Å². The molecule has 1 atom stereocenters. The molecule has 1 amide bonds. The highest BCUT2D eigenvalue weighted by molar-refractivity contribution is 5.94. The third-order valence-corrected chi connectivity index (χ3v) is 6.36. The Kier molecular flexibility index (Phi) is 7.16. The van der Waals surface area contributed by atoms with Crippen LogP contribution < -0.4 is 5.32 Å². The molecule has 2 aromatic rings. The van der Waals surface area contributed by atoms with Crippen molar-refractivity contribution in [3.8, 4) is 0 Å². The van der Waals surface area contributed by atoms with Crippen LogP contribution in [0.5, 0.6) is 0 Å². The first kappa shape index (κ1) is 21.0. The van der Waals surface area contributed by atoms with Crippen molar-refractivity contribution in [2.75, 3.05) is 46.4 Å². The number of carbonyl (C=O) groups excluding carboxylic acids is 1. The average Bonchev–Trinajstić information content (AvgIpc) is 3.24. The van der Waals surface area contributed by atoms with Gasteiger partial charge in [0.15, 0.2) is 0 Å². The molecule has 0 unspecified atom stereocenters. The van der Waals surface area contributed by atoms with Crippen LogP contribution >= 0.6 is 0 Å². The topological polar surface area (TPSA) is 44.8 Å². The van der Waals surface area contributed by atoms with Gasteiger partial charge < -0.3 is 15.0 Å². The molecule has 2 aliphatic heterocycles. The summed E-state index contributed by atoms with van der Waals surface area (Å²) in [6, 6.07) is 16.8. The minimum absolute atomic E-state index is 0.0313. The van der Waals surface area contributed by atoms with E-state index >= 15 is 0 Å². The van der Waals surface area contributed by atoms with Gasteiger partial charge in [0, 0.05) is 51.9 Å². The molecule has 160 valence electrons. The number of hydrogen-bond acceptors (Lipinski definition) is 4. The quantitative estimate of drug-likeness (QED) is 0.731. The first-order valence-electron chi connectivity index (χ1n) is 11.1. The number of methoxy groups -OCH3 is 1. The predicted octanol–water partition coefficient (Wildman–Crippen LogP) is 2.94. The second kappa shape index (κ2) is 10.2. The molecule has 1 saturated heterocycles. The zero-order chi connectivity index (χ0) is 20.8. The molecule has 0 saturated carbocycles. The van der Waals surface area contributed by atoms with E-state index in [-0.39, 0.29) is 5.91 Å².